The molecule has 1 saturated heterocycles. The lowest BCUT2D eigenvalue weighted by Crippen LogP contribution is -2.22. The molecule has 0 amide bonds. The highest BCUT2D eigenvalue weighted by Gasteiger charge is 2.33. The van der Waals surface area contributed by atoms with Crippen molar-refractivity contribution in [2.45, 2.75) is 12.8 Å². The normalized spacial score (nSPS) is 24.0. The molecule has 0 aromatic heterocycles. The van der Waals surface area contributed by atoms with Crippen molar-refractivity contribution in [2.75, 3.05) is 18.1 Å². The molecule has 0 spiro atoms. The van der Waals surface area contributed by atoms with Gasteiger partial charge >= 0.3 is 0 Å². The van der Waals surface area contributed by atoms with Crippen LogP contribution in [0.4, 0.5) is 0 Å². The molecule has 0 radical (unpaired) electrons. The molecule has 100 valence electrons. The van der Waals surface area contributed by atoms with Crippen molar-refractivity contribution in [1.29, 1.82) is 0 Å². The van der Waals surface area contributed by atoms with Crippen LogP contribution in [0, 0.1) is 11.8 Å². The van der Waals surface area contributed by atoms with Crippen LogP contribution in [0.5, 0.6) is 0 Å². The molecule has 18 heavy (non-hydrogen) atoms. The van der Waals surface area contributed by atoms with E-state index in [0.29, 0.717) is 17.9 Å². The van der Waals surface area contributed by atoms with E-state index < -0.39 is 9.84 Å². The molecular weight excluding hydrogens is 272 g/mol. The van der Waals surface area contributed by atoms with Gasteiger partial charge in [0, 0.05) is 11.6 Å². The molecular formula is C13H17ClO3S. The van der Waals surface area contributed by atoms with E-state index in [2.05, 4.69) is 0 Å². The second-order valence-electron chi connectivity index (χ2n) is 4.94. The van der Waals surface area contributed by atoms with Gasteiger partial charge < -0.3 is 5.11 Å². The molecule has 1 fully saturated rings. The maximum absolute atomic E-state index is 11.5. The Hall–Kier alpha value is -0.580. The van der Waals surface area contributed by atoms with E-state index in [9.17, 15) is 13.5 Å². The number of aliphatic hydroxyl groups excluding tert-OH is 1. The first-order valence-corrected chi connectivity index (χ1v) is 8.26. The monoisotopic (exact) mass is 288 g/mol. The molecule has 1 aromatic carbocycles. The van der Waals surface area contributed by atoms with Crippen molar-refractivity contribution >= 4 is 21.4 Å². The Morgan fingerprint density at radius 3 is 2.78 bits per heavy atom. The summed E-state index contributed by atoms with van der Waals surface area (Å²) in [7, 11) is -2.89. The number of benzene rings is 1. The third kappa shape index (κ3) is 3.46. The Labute approximate surface area is 113 Å². The molecule has 0 bridgehead atoms. The van der Waals surface area contributed by atoms with Crippen LogP contribution in [0.2, 0.25) is 5.02 Å². The minimum atomic E-state index is -2.89. The number of hydrogen-bond donors (Lipinski definition) is 1. The van der Waals surface area contributed by atoms with Gasteiger partial charge in [0.15, 0.2) is 9.84 Å². The smallest absolute Gasteiger partial charge is 0.150 e. The van der Waals surface area contributed by atoms with Crippen LogP contribution in [0.3, 0.4) is 0 Å². The Morgan fingerprint density at radius 2 is 2.22 bits per heavy atom. The maximum Gasteiger partial charge on any atom is 0.150 e. The first-order chi connectivity index (χ1) is 8.50. The molecule has 1 heterocycles. The van der Waals surface area contributed by atoms with Crippen LogP contribution in [-0.2, 0) is 16.3 Å². The largest absolute Gasteiger partial charge is 0.396 e. The lowest BCUT2D eigenvalue weighted by atomic mass is 9.87. The zero-order valence-electron chi connectivity index (χ0n) is 10.0. The van der Waals surface area contributed by atoms with Gasteiger partial charge in [-0.1, -0.05) is 23.7 Å². The lowest BCUT2D eigenvalue weighted by molar-refractivity contribution is 0.184. The van der Waals surface area contributed by atoms with Gasteiger partial charge in [0.1, 0.15) is 0 Å². The predicted molar refractivity (Wildman–Crippen MR) is 72.5 cm³/mol. The summed E-state index contributed by atoms with van der Waals surface area (Å²) in [5.74, 6) is 0.530. The van der Waals surface area contributed by atoms with E-state index in [0.717, 1.165) is 5.56 Å². The van der Waals surface area contributed by atoms with Crippen LogP contribution in [0.1, 0.15) is 12.0 Å². The Morgan fingerprint density at radius 1 is 1.44 bits per heavy atom. The summed E-state index contributed by atoms with van der Waals surface area (Å²) in [6, 6.07) is 7.50. The van der Waals surface area contributed by atoms with E-state index in [1.54, 1.807) is 6.07 Å². The molecule has 1 aliphatic heterocycles. The molecule has 5 heteroatoms. The number of hydrogen-bond acceptors (Lipinski definition) is 3. The summed E-state index contributed by atoms with van der Waals surface area (Å²) in [6.07, 6.45) is 1.34. The van der Waals surface area contributed by atoms with Gasteiger partial charge in [-0.25, -0.2) is 8.42 Å². The first kappa shape index (κ1) is 13.8. The van der Waals surface area contributed by atoms with Crippen molar-refractivity contribution in [1.82, 2.24) is 0 Å². The highest BCUT2D eigenvalue weighted by Crippen LogP contribution is 2.28. The second kappa shape index (κ2) is 5.59. The molecule has 1 aromatic rings. The Balaban J connectivity index is 2.06. The molecule has 2 unspecified atom stereocenters. The molecule has 1 N–H and O–H groups in total. The fourth-order valence-corrected chi connectivity index (χ4v) is 4.68. The van der Waals surface area contributed by atoms with Crippen molar-refractivity contribution < 1.29 is 13.5 Å². The van der Waals surface area contributed by atoms with Gasteiger partial charge in [0.25, 0.3) is 0 Å². The molecule has 2 atom stereocenters. The third-order valence-corrected chi connectivity index (χ3v) is 5.58. The van der Waals surface area contributed by atoms with Crippen LogP contribution in [0.25, 0.3) is 0 Å². The summed E-state index contributed by atoms with van der Waals surface area (Å²) in [5.41, 5.74) is 1.05. The lowest BCUT2D eigenvalue weighted by Gasteiger charge is -2.20. The van der Waals surface area contributed by atoms with E-state index in [1.165, 1.54) is 0 Å². The van der Waals surface area contributed by atoms with Crippen molar-refractivity contribution in [3.05, 3.63) is 34.9 Å². The fraction of sp³-hybridized carbons (Fsp3) is 0.538. The predicted octanol–water partition coefficient (Wildman–Crippen LogP) is 1.93. The standard InChI is InChI=1S/C13H17ClO3S/c14-13-3-1-2-10(7-13)6-12(8-15)11-4-5-18(16,17)9-11/h1-3,7,11-12,15H,4-6,8-9H2. The van der Waals surface area contributed by atoms with Crippen molar-refractivity contribution in [3.8, 4) is 0 Å². The minimum absolute atomic E-state index is 0.000687. The zero-order valence-corrected chi connectivity index (χ0v) is 11.6. The van der Waals surface area contributed by atoms with Crippen LogP contribution in [-0.4, -0.2) is 31.6 Å². The molecule has 3 nitrogen and oxygen atoms in total. The second-order valence-corrected chi connectivity index (χ2v) is 7.60. The van der Waals surface area contributed by atoms with Crippen molar-refractivity contribution in [3.63, 3.8) is 0 Å². The topological polar surface area (TPSA) is 54.4 Å². The molecule has 0 saturated carbocycles. The van der Waals surface area contributed by atoms with Gasteiger partial charge in [-0.05, 0) is 42.4 Å². The average Bonchev–Trinajstić information content (AvgIpc) is 2.66. The summed E-state index contributed by atoms with van der Waals surface area (Å²) in [4.78, 5) is 0. The van der Waals surface area contributed by atoms with E-state index in [1.807, 2.05) is 18.2 Å². The Kier molecular flexibility index (Phi) is 4.30. The third-order valence-electron chi connectivity index (χ3n) is 3.56. The van der Waals surface area contributed by atoms with E-state index in [4.69, 9.17) is 11.6 Å². The SMILES string of the molecule is O=S1(=O)CCC(C(CO)Cc2cccc(Cl)c2)C1. The van der Waals surface area contributed by atoms with Crippen LogP contribution < -0.4 is 0 Å². The minimum Gasteiger partial charge on any atom is -0.396 e. The number of sulfone groups is 1. The maximum atomic E-state index is 11.5. The van der Waals surface area contributed by atoms with Crippen LogP contribution >= 0.6 is 11.6 Å². The molecule has 0 aliphatic carbocycles. The highest BCUT2D eigenvalue weighted by atomic mass is 35.5. The molecule has 1 aliphatic rings. The van der Waals surface area contributed by atoms with Gasteiger partial charge in [-0.3, -0.25) is 0 Å². The average molecular weight is 289 g/mol. The summed E-state index contributed by atoms with van der Waals surface area (Å²) >= 11 is 5.92. The quantitative estimate of drug-likeness (QED) is 0.921. The van der Waals surface area contributed by atoms with Gasteiger partial charge in [-0.2, -0.15) is 0 Å². The zero-order chi connectivity index (χ0) is 13.2. The van der Waals surface area contributed by atoms with Crippen molar-refractivity contribution in [2.24, 2.45) is 11.8 Å². The summed E-state index contributed by atoms with van der Waals surface area (Å²) in [5, 5.41) is 10.1. The van der Waals surface area contributed by atoms with Gasteiger partial charge in [-0.15, -0.1) is 0 Å². The van der Waals surface area contributed by atoms with E-state index >= 15 is 0 Å². The number of aliphatic hydroxyl groups is 1. The Bertz CT molecular complexity index is 513. The van der Waals surface area contributed by atoms with Gasteiger partial charge in [0.05, 0.1) is 11.5 Å². The summed E-state index contributed by atoms with van der Waals surface area (Å²) in [6.45, 7) is 0.0205. The number of halogens is 1. The van der Waals surface area contributed by atoms with E-state index in [-0.39, 0.29) is 29.9 Å². The highest BCUT2D eigenvalue weighted by molar-refractivity contribution is 7.91. The number of rotatable bonds is 4. The summed E-state index contributed by atoms with van der Waals surface area (Å²) < 4.78 is 22.9. The van der Waals surface area contributed by atoms with Gasteiger partial charge in [0.2, 0.25) is 0 Å². The fourth-order valence-electron chi connectivity index (χ4n) is 2.54. The molecule has 2 rings (SSSR count). The first-order valence-electron chi connectivity index (χ1n) is 6.06. The van der Waals surface area contributed by atoms with Crippen LogP contribution in [0.15, 0.2) is 24.3 Å².